The van der Waals surface area contributed by atoms with Gasteiger partial charge in [-0.25, -0.2) is 14.7 Å². The fourth-order valence-corrected chi connectivity index (χ4v) is 5.85. The van der Waals surface area contributed by atoms with Gasteiger partial charge >= 0.3 is 0 Å². The zero-order valence-electron chi connectivity index (χ0n) is 24.6. The average Bonchev–Trinajstić information content (AvgIpc) is 3.40. The van der Waals surface area contributed by atoms with E-state index in [0.29, 0.717) is 23.2 Å². The van der Waals surface area contributed by atoms with Crippen LogP contribution >= 0.6 is 0 Å². The summed E-state index contributed by atoms with van der Waals surface area (Å²) in [6, 6.07) is 32.6. The minimum Gasteiger partial charge on any atom is -0.493 e. The lowest BCUT2D eigenvalue weighted by molar-refractivity contribution is 0.354. The molecule has 43 heavy (non-hydrogen) atoms. The minimum atomic E-state index is -0.268. The molecule has 2 aliphatic rings. The van der Waals surface area contributed by atoms with Crippen molar-refractivity contribution in [2.24, 2.45) is 9.98 Å². The zero-order valence-corrected chi connectivity index (χ0v) is 24.6. The molecule has 7 rings (SSSR count). The summed E-state index contributed by atoms with van der Waals surface area (Å²) in [5, 5.41) is 8.61. The SMILES string of the molecule is CCc1ccc(NC2=Nc3ccccc3N3C2=Nc2c(c(C)nn2-c2ccccc2)C3c2ccc(OC)c(OC)c2)cc1. The predicted octanol–water partition coefficient (Wildman–Crippen LogP) is 7.56. The largest absolute Gasteiger partial charge is 0.493 e. The second kappa shape index (κ2) is 10.8. The predicted molar refractivity (Wildman–Crippen MR) is 172 cm³/mol. The van der Waals surface area contributed by atoms with E-state index in [4.69, 9.17) is 24.6 Å². The van der Waals surface area contributed by atoms with E-state index in [1.54, 1.807) is 14.2 Å². The van der Waals surface area contributed by atoms with Crippen LogP contribution in [0.25, 0.3) is 5.69 Å². The Morgan fingerprint density at radius 2 is 1.56 bits per heavy atom. The number of hydrogen-bond donors (Lipinski definition) is 1. The van der Waals surface area contributed by atoms with Crippen LogP contribution in [0.2, 0.25) is 0 Å². The summed E-state index contributed by atoms with van der Waals surface area (Å²) in [4.78, 5) is 12.7. The van der Waals surface area contributed by atoms with E-state index in [1.807, 2.05) is 72.3 Å². The number of hydrogen-bond acceptors (Lipinski definition) is 7. The molecular formula is C35H32N6O2. The van der Waals surface area contributed by atoms with E-state index in [1.165, 1.54) is 5.56 Å². The molecule has 2 aliphatic heterocycles. The molecule has 1 N–H and O–H groups in total. The Labute approximate surface area is 251 Å². The summed E-state index contributed by atoms with van der Waals surface area (Å²) in [5.74, 6) is 3.48. The number of rotatable bonds is 6. The lowest BCUT2D eigenvalue weighted by Gasteiger charge is -2.40. The first-order valence-corrected chi connectivity index (χ1v) is 14.4. The molecule has 0 fully saturated rings. The third-order valence-corrected chi connectivity index (χ3v) is 7.99. The van der Waals surface area contributed by atoms with Gasteiger partial charge < -0.3 is 19.7 Å². The molecule has 4 aromatic carbocycles. The molecular weight excluding hydrogens is 536 g/mol. The van der Waals surface area contributed by atoms with Crippen LogP contribution in [0, 0.1) is 6.92 Å². The van der Waals surface area contributed by atoms with Crippen LogP contribution in [-0.4, -0.2) is 35.7 Å². The maximum absolute atomic E-state index is 5.75. The van der Waals surface area contributed by atoms with Crippen LogP contribution in [0.1, 0.15) is 35.3 Å². The quantitative estimate of drug-likeness (QED) is 0.229. The molecule has 3 heterocycles. The molecule has 1 unspecified atom stereocenters. The lowest BCUT2D eigenvalue weighted by Crippen LogP contribution is -2.46. The molecule has 0 saturated carbocycles. The van der Waals surface area contributed by atoms with Crippen molar-refractivity contribution < 1.29 is 9.47 Å². The van der Waals surface area contributed by atoms with E-state index in [-0.39, 0.29) is 6.04 Å². The van der Waals surface area contributed by atoms with Gasteiger partial charge in [0.15, 0.2) is 29.0 Å². The average molecular weight is 569 g/mol. The molecule has 8 heteroatoms. The number of aromatic nitrogens is 2. The molecule has 0 spiro atoms. The molecule has 214 valence electrons. The molecule has 0 bridgehead atoms. The van der Waals surface area contributed by atoms with E-state index >= 15 is 0 Å². The highest BCUT2D eigenvalue weighted by Crippen LogP contribution is 2.49. The summed E-state index contributed by atoms with van der Waals surface area (Å²) < 4.78 is 13.3. The normalized spacial score (nSPS) is 15.1. The third-order valence-electron chi connectivity index (χ3n) is 7.99. The van der Waals surface area contributed by atoms with Crippen molar-refractivity contribution in [3.8, 4) is 17.2 Å². The van der Waals surface area contributed by atoms with E-state index < -0.39 is 0 Å². The van der Waals surface area contributed by atoms with Crippen LogP contribution < -0.4 is 19.7 Å². The Bertz CT molecular complexity index is 1870. The number of methoxy groups -OCH3 is 2. The molecule has 0 aliphatic carbocycles. The van der Waals surface area contributed by atoms with Gasteiger partial charge in [-0.15, -0.1) is 0 Å². The van der Waals surface area contributed by atoms with E-state index in [9.17, 15) is 0 Å². The number of para-hydroxylation sites is 3. The molecule has 0 amide bonds. The highest BCUT2D eigenvalue weighted by Gasteiger charge is 2.41. The van der Waals surface area contributed by atoms with Gasteiger partial charge in [-0.05, 0) is 73.0 Å². The third kappa shape index (κ3) is 4.52. The first-order chi connectivity index (χ1) is 21.1. The Morgan fingerprint density at radius 1 is 0.814 bits per heavy atom. The highest BCUT2D eigenvalue weighted by atomic mass is 16.5. The highest BCUT2D eigenvalue weighted by molar-refractivity contribution is 6.51. The Balaban J connectivity index is 1.48. The van der Waals surface area contributed by atoms with Crippen molar-refractivity contribution in [1.29, 1.82) is 0 Å². The van der Waals surface area contributed by atoms with Gasteiger partial charge in [-0.3, -0.25) is 0 Å². The van der Waals surface area contributed by atoms with Gasteiger partial charge in [0, 0.05) is 11.3 Å². The minimum absolute atomic E-state index is 0.268. The zero-order chi connectivity index (χ0) is 29.5. The molecule has 0 saturated heterocycles. The molecule has 0 radical (unpaired) electrons. The van der Waals surface area contributed by atoms with Crippen LogP contribution in [0.15, 0.2) is 107 Å². The summed E-state index contributed by atoms with van der Waals surface area (Å²) in [7, 11) is 3.31. The Hall–Kier alpha value is -5.37. The van der Waals surface area contributed by atoms with Crippen molar-refractivity contribution in [2.75, 3.05) is 24.4 Å². The number of fused-ring (bicyclic) bond motifs is 4. The summed E-state index contributed by atoms with van der Waals surface area (Å²) in [5.41, 5.74) is 7.91. The van der Waals surface area contributed by atoms with Crippen molar-refractivity contribution >= 4 is 34.6 Å². The summed E-state index contributed by atoms with van der Waals surface area (Å²) >= 11 is 0. The number of aryl methyl sites for hydroxylation is 2. The van der Waals surface area contributed by atoms with Crippen molar-refractivity contribution in [3.63, 3.8) is 0 Å². The van der Waals surface area contributed by atoms with Crippen LogP contribution in [0.5, 0.6) is 11.5 Å². The van der Waals surface area contributed by atoms with Crippen LogP contribution in [0.4, 0.5) is 22.9 Å². The van der Waals surface area contributed by atoms with Crippen molar-refractivity contribution in [1.82, 2.24) is 9.78 Å². The Kier molecular flexibility index (Phi) is 6.66. The number of ether oxygens (including phenoxy) is 2. The number of benzene rings is 4. The number of anilines is 2. The second-order valence-corrected chi connectivity index (χ2v) is 10.5. The van der Waals surface area contributed by atoms with Gasteiger partial charge in [-0.1, -0.05) is 55.5 Å². The monoisotopic (exact) mass is 568 g/mol. The topological polar surface area (TPSA) is 76.3 Å². The second-order valence-electron chi connectivity index (χ2n) is 10.5. The number of nitrogens with one attached hydrogen (secondary N) is 1. The fraction of sp³-hybridized carbons (Fsp3) is 0.171. The Morgan fingerprint density at radius 3 is 2.30 bits per heavy atom. The molecule has 1 atom stereocenters. The van der Waals surface area contributed by atoms with Crippen LogP contribution in [-0.2, 0) is 6.42 Å². The fourth-order valence-electron chi connectivity index (χ4n) is 5.85. The van der Waals surface area contributed by atoms with Gasteiger partial charge in [0.2, 0.25) is 0 Å². The number of nitrogens with zero attached hydrogens (tertiary/aromatic N) is 5. The molecule has 1 aromatic heterocycles. The van der Waals surface area contributed by atoms with Crippen molar-refractivity contribution in [3.05, 3.63) is 119 Å². The first kappa shape index (κ1) is 26.5. The van der Waals surface area contributed by atoms with Crippen LogP contribution in [0.3, 0.4) is 0 Å². The first-order valence-electron chi connectivity index (χ1n) is 14.4. The maximum Gasteiger partial charge on any atom is 0.179 e. The van der Waals surface area contributed by atoms with E-state index in [2.05, 4.69) is 53.5 Å². The smallest absolute Gasteiger partial charge is 0.179 e. The van der Waals surface area contributed by atoms with Gasteiger partial charge in [-0.2, -0.15) is 5.10 Å². The number of amidine groups is 2. The van der Waals surface area contributed by atoms with Gasteiger partial charge in [0.05, 0.1) is 43.0 Å². The summed E-state index contributed by atoms with van der Waals surface area (Å²) in [6.07, 6.45) is 0.980. The molecule has 5 aromatic rings. The van der Waals surface area contributed by atoms with Crippen molar-refractivity contribution in [2.45, 2.75) is 26.3 Å². The van der Waals surface area contributed by atoms with Gasteiger partial charge in [0.25, 0.3) is 0 Å². The maximum atomic E-state index is 5.75. The number of aliphatic imine (C=N–C) groups is 2. The molecule has 8 nitrogen and oxygen atoms in total. The summed E-state index contributed by atoms with van der Waals surface area (Å²) in [6.45, 7) is 4.20. The lowest BCUT2D eigenvalue weighted by atomic mass is 9.93. The van der Waals surface area contributed by atoms with E-state index in [0.717, 1.165) is 51.8 Å². The van der Waals surface area contributed by atoms with Gasteiger partial charge in [0.1, 0.15) is 0 Å². The standard InChI is InChI=1S/C35H32N6O2/c1-5-23-15-18-25(19-16-23)36-33-35-38-34-31(22(2)39-41(34)26-11-7-6-8-12-26)32(24-17-20-29(42-3)30(21-24)43-4)40(35)28-14-10-9-13-27(28)37-33/h6-21,32H,5H2,1-4H3,(H,36,37).